The van der Waals surface area contributed by atoms with Crippen molar-refractivity contribution in [1.29, 1.82) is 0 Å². The molecule has 1 fully saturated rings. The molecule has 2 aromatic rings. The Morgan fingerprint density at radius 3 is 2.56 bits per heavy atom. The maximum absolute atomic E-state index is 5.16. The number of nitrogens with zero attached hydrogens (tertiary/aromatic N) is 2. The molecule has 0 radical (unpaired) electrons. The third-order valence-corrected chi connectivity index (χ3v) is 3.40. The highest BCUT2D eigenvalue weighted by Gasteiger charge is 2.15. The Kier molecular flexibility index (Phi) is 2.92. The maximum Gasteiger partial charge on any atom is 0.150 e. The third kappa shape index (κ3) is 2.06. The highest BCUT2D eigenvalue weighted by atomic mass is 16.5. The van der Waals surface area contributed by atoms with Gasteiger partial charge in [-0.25, -0.2) is 0 Å². The van der Waals surface area contributed by atoms with Gasteiger partial charge in [0.1, 0.15) is 5.75 Å². The van der Waals surface area contributed by atoms with E-state index in [0.29, 0.717) is 0 Å². The zero-order valence-electron chi connectivity index (χ0n) is 10.5. The summed E-state index contributed by atoms with van der Waals surface area (Å²) in [7, 11) is 1.68. The average molecular weight is 243 g/mol. The lowest BCUT2D eigenvalue weighted by molar-refractivity contribution is 0.415. The fourth-order valence-electron chi connectivity index (χ4n) is 2.34. The molecule has 0 saturated carbocycles. The number of methoxy groups -OCH3 is 1. The number of anilines is 1. The van der Waals surface area contributed by atoms with Gasteiger partial charge in [0.05, 0.1) is 12.8 Å². The number of aromatic amines is 1. The van der Waals surface area contributed by atoms with E-state index in [1.165, 1.54) is 12.8 Å². The normalized spacial score (nSPS) is 15.1. The Hall–Kier alpha value is -1.97. The van der Waals surface area contributed by atoms with Crippen LogP contribution in [0.1, 0.15) is 12.8 Å². The van der Waals surface area contributed by atoms with Crippen LogP contribution in [0.5, 0.6) is 5.75 Å². The van der Waals surface area contributed by atoms with Gasteiger partial charge in [-0.15, -0.1) is 0 Å². The molecule has 18 heavy (non-hydrogen) atoms. The lowest BCUT2D eigenvalue weighted by atomic mass is 10.1. The Balaban J connectivity index is 1.82. The van der Waals surface area contributed by atoms with Gasteiger partial charge >= 0.3 is 0 Å². The summed E-state index contributed by atoms with van der Waals surface area (Å²) in [5.41, 5.74) is 2.19. The molecule has 1 N–H and O–H groups in total. The van der Waals surface area contributed by atoms with E-state index < -0.39 is 0 Å². The summed E-state index contributed by atoms with van der Waals surface area (Å²) in [5, 5.41) is 7.49. The number of nitrogens with one attached hydrogen (secondary N) is 1. The zero-order chi connectivity index (χ0) is 12.4. The minimum absolute atomic E-state index is 0.873. The molecule has 3 rings (SSSR count). The molecule has 0 spiro atoms. The molecule has 1 aromatic heterocycles. The smallest absolute Gasteiger partial charge is 0.150 e. The first kappa shape index (κ1) is 11.1. The fourth-order valence-corrected chi connectivity index (χ4v) is 2.34. The van der Waals surface area contributed by atoms with Crippen LogP contribution in [0.25, 0.3) is 11.3 Å². The topological polar surface area (TPSA) is 41.1 Å². The van der Waals surface area contributed by atoms with Crippen molar-refractivity contribution in [1.82, 2.24) is 10.2 Å². The first-order chi connectivity index (χ1) is 8.86. The molecule has 0 atom stereocenters. The van der Waals surface area contributed by atoms with Gasteiger partial charge in [0.15, 0.2) is 5.82 Å². The lowest BCUT2D eigenvalue weighted by Gasteiger charge is -2.12. The van der Waals surface area contributed by atoms with E-state index in [1.807, 2.05) is 24.3 Å². The van der Waals surface area contributed by atoms with Crippen molar-refractivity contribution in [2.45, 2.75) is 12.8 Å². The molecule has 1 saturated heterocycles. The monoisotopic (exact) mass is 243 g/mol. The van der Waals surface area contributed by atoms with Gasteiger partial charge in [0.2, 0.25) is 0 Å². The van der Waals surface area contributed by atoms with Gasteiger partial charge in [-0.05, 0) is 42.7 Å². The molecular formula is C14H17N3O. The van der Waals surface area contributed by atoms with Gasteiger partial charge in [-0.2, -0.15) is 5.10 Å². The van der Waals surface area contributed by atoms with Gasteiger partial charge in [-0.1, -0.05) is 0 Å². The molecule has 1 aromatic carbocycles. The number of H-pyrrole nitrogens is 1. The summed E-state index contributed by atoms with van der Waals surface area (Å²) < 4.78 is 5.16. The molecular weight excluding hydrogens is 226 g/mol. The Bertz CT molecular complexity index is 512. The van der Waals surface area contributed by atoms with Crippen molar-refractivity contribution >= 4 is 5.82 Å². The average Bonchev–Trinajstić information content (AvgIpc) is 3.09. The van der Waals surface area contributed by atoms with Crippen LogP contribution < -0.4 is 9.64 Å². The third-order valence-electron chi connectivity index (χ3n) is 3.40. The van der Waals surface area contributed by atoms with E-state index in [0.717, 1.165) is 35.9 Å². The van der Waals surface area contributed by atoms with Crippen molar-refractivity contribution < 1.29 is 4.74 Å². The van der Waals surface area contributed by atoms with E-state index >= 15 is 0 Å². The second kappa shape index (κ2) is 4.72. The van der Waals surface area contributed by atoms with Gasteiger partial charge in [0.25, 0.3) is 0 Å². The van der Waals surface area contributed by atoms with Crippen molar-refractivity contribution in [3.8, 4) is 17.0 Å². The molecule has 0 bridgehead atoms. The van der Waals surface area contributed by atoms with E-state index in [9.17, 15) is 0 Å². The first-order valence-corrected chi connectivity index (χ1v) is 6.31. The van der Waals surface area contributed by atoms with Crippen LogP contribution in [0.15, 0.2) is 30.3 Å². The lowest BCUT2D eigenvalue weighted by Crippen LogP contribution is -2.17. The number of aromatic nitrogens is 2. The van der Waals surface area contributed by atoms with Gasteiger partial charge < -0.3 is 9.64 Å². The van der Waals surface area contributed by atoms with Crippen molar-refractivity contribution in [3.63, 3.8) is 0 Å². The molecule has 1 aliphatic rings. The largest absolute Gasteiger partial charge is 0.497 e. The Morgan fingerprint density at radius 2 is 1.89 bits per heavy atom. The summed E-state index contributed by atoms with van der Waals surface area (Å²) in [6.07, 6.45) is 2.54. The molecule has 2 heterocycles. The number of benzene rings is 1. The SMILES string of the molecule is COc1ccc(-c2cc(N3CCCC3)n[nH]2)cc1. The summed E-state index contributed by atoms with van der Waals surface area (Å²) in [4.78, 5) is 2.32. The molecule has 94 valence electrons. The van der Waals surface area contributed by atoms with Crippen molar-refractivity contribution in [3.05, 3.63) is 30.3 Å². The van der Waals surface area contributed by atoms with Gasteiger partial charge in [-0.3, -0.25) is 5.10 Å². The standard InChI is InChI=1S/C14H17N3O/c1-18-12-6-4-11(5-7-12)13-10-14(16-15-13)17-8-2-3-9-17/h4-7,10H,2-3,8-9H2,1H3,(H,15,16). The Morgan fingerprint density at radius 1 is 1.17 bits per heavy atom. The first-order valence-electron chi connectivity index (χ1n) is 6.31. The second-order valence-electron chi connectivity index (χ2n) is 4.56. The second-order valence-corrected chi connectivity index (χ2v) is 4.56. The van der Waals surface area contributed by atoms with Crippen LogP contribution in [0, 0.1) is 0 Å². The molecule has 4 nitrogen and oxygen atoms in total. The Labute approximate surface area is 107 Å². The van der Waals surface area contributed by atoms with Gasteiger partial charge in [0, 0.05) is 19.2 Å². The van der Waals surface area contributed by atoms with Crippen LogP contribution in [-0.4, -0.2) is 30.4 Å². The van der Waals surface area contributed by atoms with E-state index in [-0.39, 0.29) is 0 Å². The molecule has 0 unspecified atom stereocenters. The molecule has 0 amide bonds. The van der Waals surface area contributed by atoms with E-state index in [4.69, 9.17) is 4.74 Å². The van der Waals surface area contributed by atoms with Crippen LogP contribution in [0.3, 0.4) is 0 Å². The number of rotatable bonds is 3. The van der Waals surface area contributed by atoms with E-state index in [1.54, 1.807) is 7.11 Å². The highest BCUT2D eigenvalue weighted by molar-refractivity contribution is 5.64. The van der Waals surface area contributed by atoms with Crippen molar-refractivity contribution in [2.24, 2.45) is 0 Å². The predicted molar refractivity (Wildman–Crippen MR) is 72.0 cm³/mol. The summed E-state index contributed by atoms with van der Waals surface area (Å²) in [6.45, 7) is 2.24. The van der Waals surface area contributed by atoms with Crippen LogP contribution >= 0.6 is 0 Å². The highest BCUT2D eigenvalue weighted by Crippen LogP contribution is 2.25. The number of hydrogen-bond acceptors (Lipinski definition) is 3. The maximum atomic E-state index is 5.16. The van der Waals surface area contributed by atoms with Crippen LogP contribution in [-0.2, 0) is 0 Å². The zero-order valence-corrected chi connectivity index (χ0v) is 10.5. The minimum atomic E-state index is 0.873. The molecule has 4 heteroatoms. The summed E-state index contributed by atoms with van der Waals surface area (Å²) >= 11 is 0. The quantitative estimate of drug-likeness (QED) is 0.901. The molecule has 0 aliphatic carbocycles. The number of hydrogen-bond donors (Lipinski definition) is 1. The summed E-state index contributed by atoms with van der Waals surface area (Å²) in [5.74, 6) is 1.93. The van der Waals surface area contributed by atoms with Crippen LogP contribution in [0.2, 0.25) is 0 Å². The minimum Gasteiger partial charge on any atom is -0.497 e. The van der Waals surface area contributed by atoms with Crippen molar-refractivity contribution in [2.75, 3.05) is 25.1 Å². The number of ether oxygens (including phenoxy) is 1. The fraction of sp³-hybridized carbons (Fsp3) is 0.357. The van der Waals surface area contributed by atoms with Crippen LogP contribution in [0.4, 0.5) is 5.82 Å². The molecule has 1 aliphatic heterocycles. The van der Waals surface area contributed by atoms with E-state index in [2.05, 4.69) is 21.2 Å². The summed E-state index contributed by atoms with van der Waals surface area (Å²) in [6, 6.07) is 10.1. The predicted octanol–water partition coefficient (Wildman–Crippen LogP) is 2.69.